The van der Waals surface area contributed by atoms with Crippen molar-refractivity contribution in [1.29, 1.82) is 0 Å². The van der Waals surface area contributed by atoms with Gasteiger partial charge in [-0.3, -0.25) is 0 Å². The third-order valence-electron chi connectivity index (χ3n) is 5.11. The van der Waals surface area contributed by atoms with E-state index in [1.165, 1.54) is 11.1 Å². The predicted molar refractivity (Wildman–Crippen MR) is 132 cm³/mol. The molecule has 0 radical (unpaired) electrons. The van der Waals surface area contributed by atoms with Gasteiger partial charge >= 0.3 is 0 Å². The molecule has 2 N–H and O–H groups in total. The van der Waals surface area contributed by atoms with Gasteiger partial charge in [-0.1, -0.05) is 30.3 Å². The number of aryl methyl sites for hydroxylation is 1. The Labute approximate surface area is 191 Å². The van der Waals surface area contributed by atoms with Crippen molar-refractivity contribution < 1.29 is 0 Å². The molecule has 1 aromatic carbocycles. The topological polar surface area (TPSA) is 55.8 Å². The Balaban J connectivity index is 0.00000300. The zero-order valence-electron chi connectivity index (χ0n) is 17.7. The van der Waals surface area contributed by atoms with Crippen molar-refractivity contribution in [2.75, 3.05) is 44.7 Å². The van der Waals surface area contributed by atoms with Gasteiger partial charge < -0.3 is 20.4 Å². The Morgan fingerprint density at radius 3 is 2.48 bits per heavy atom. The molecule has 0 bridgehead atoms. The van der Waals surface area contributed by atoms with Gasteiger partial charge in [0, 0.05) is 45.5 Å². The van der Waals surface area contributed by atoms with Crippen LogP contribution in [0, 0.1) is 6.92 Å². The second kappa shape index (κ2) is 12.0. The van der Waals surface area contributed by atoms with Crippen LogP contribution in [0.15, 0.2) is 47.6 Å². The van der Waals surface area contributed by atoms with Gasteiger partial charge in [-0.2, -0.15) is 0 Å². The van der Waals surface area contributed by atoms with Crippen LogP contribution >= 0.6 is 24.0 Å². The van der Waals surface area contributed by atoms with Crippen molar-refractivity contribution in [2.45, 2.75) is 26.9 Å². The summed E-state index contributed by atoms with van der Waals surface area (Å²) in [6.45, 7) is 10.7. The van der Waals surface area contributed by atoms with Crippen LogP contribution in [0.4, 0.5) is 5.82 Å². The number of benzene rings is 1. The van der Waals surface area contributed by atoms with E-state index in [0.717, 1.165) is 56.6 Å². The number of anilines is 1. The first-order valence-electron chi connectivity index (χ1n) is 10.1. The Kier molecular flexibility index (Phi) is 9.66. The number of halogens is 1. The Morgan fingerprint density at radius 2 is 1.83 bits per heavy atom. The molecule has 1 saturated heterocycles. The molecule has 1 aliphatic heterocycles. The Bertz CT molecular complexity index is 769. The summed E-state index contributed by atoms with van der Waals surface area (Å²) < 4.78 is 0. The Hall–Kier alpha value is -1.87. The molecule has 0 aliphatic carbocycles. The van der Waals surface area contributed by atoms with Crippen molar-refractivity contribution in [3.05, 3.63) is 59.3 Å². The van der Waals surface area contributed by atoms with Gasteiger partial charge in [0.1, 0.15) is 5.82 Å². The van der Waals surface area contributed by atoms with Crippen molar-refractivity contribution in [1.82, 2.24) is 20.5 Å². The van der Waals surface area contributed by atoms with E-state index in [1.807, 2.05) is 6.20 Å². The lowest BCUT2D eigenvalue weighted by atomic mass is 10.1. The van der Waals surface area contributed by atoms with Crippen LogP contribution in [-0.4, -0.2) is 55.6 Å². The number of piperazine rings is 1. The van der Waals surface area contributed by atoms with Gasteiger partial charge in [-0.15, -0.1) is 24.0 Å². The molecule has 1 aliphatic rings. The monoisotopic (exact) mass is 508 g/mol. The molecule has 0 spiro atoms. The zero-order chi connectivity index (χ0) is 19.8. The maximum atomic E-state index is 4.71. The first-order chi connectivity index (χ1) is 13.7. The van der Waals surface area contributed by atoms with Gasteiger partial charge in [0.15, 0.2) is 5.96 Å². The van der Waals surface area contributed by atoms with E-state index < -0.39 is 0 Å². The molecule has 0 amide bonds. The van der Waals surface area contributed by atoms with Crippen LogP contribution in [0.5, 0.6) is 0 Å². The van der Waals surface area contributed by atoms with E-state index in [1.54, 1.807) is 0 Å². The minimum absolute atomic E-state index is 0. The van der Waals surface area contributed by atoms with E-state index >= 15 is 0 Å². The second-order valence-electron chi connectivity index (χ2n) is 7.29. The zero-order valence-corrected chi connectivity index (χ0v) is 20.0. The minimum Gasteiger partial charge on any atom is -0.357 e. The van der Waals surface area contributed by atoms with Gasteiger partial charge in [0.25, 0.3) is 0 Å². The number of rotatable bonds is 6. The van der Waals surface area contributed by atoms with Crippen molar-refractivity contribution >= 4 is 35.8 Å². The summed E-state index contributed by atoms with van der Waals surface area (Å²) in [4.78, 5) is 14.1. The summed E-state index contributed by atoms with van der Waals surface area (Å²) in [6.07, 6.45) is 1.95. The molecule has 2 heterocycles. The number of nitrogens with one attached hydrogen (secondary N) is 2. The standard InChI is InChI=1S/C22H32N6.HI/c1-4-23-22(26-17-20-8-6-5-7-18(20)2)25-16-19-9-10-21(24-15-19)28-13-11-27(3)12-14-28;/h5-10,15H,4,11-14,16-17H2,1-3H3,(H2,23,25,26);1H. The molecule has 6 nitrogen and oxygen atoms in total. The molecule has 1 fully saturated rings. The average Bonchev–Trinajstić information content (AvgIpc) is 2.72. The highest BCUT2D eigenvalue weighted by atomic mass is 127. The summed E-state index contributed by atoms with van der Waals surface area (Å²) in [5.41, 5.74) is 3.69. The highest BCUT2D eigenvalue weighted by molar-refractivity contribution is 14.0. The predicted octanol–water partition coefficient (Wildman–Crippen LogP) is 3.02. The SMILES string of the molecule is CCNC(=NCc1ccc(N2CCN(C)CC2)nc1)NCc1ccccc1C.I. The molecule has 0 atom stereocenters. The summed E-state index contributed by atoms with van der Waals surface area (Å²) >= 11 is 0. The fourth-order valence-corrected chi connectivity index (χ4v) is 3.23. The van der Waals surface area contributed by atoms with E-state index in [-0.39, 0.29) is 24.0 Å². The molecule has 7 heteroatoms. The number of nitrogens with zero attached hydrogens (tertiary/aromatic N) is 4. The van der Waals surface area contributed by atoms with Crippen LogP contribution in [0.1, 0.15) is 23.6 Å². The molecule has 3 rings (SSSR count). The summed E-state index contributed by atoms with van der Waals surface area (Å²) in [5.74, 6) is 1.89. The van der Waals surface area contributed by atoms with Crippen LogP contribution in [0.3, 0.4) is 0 Å². The second-order valence-corrected chi connectivity index (χ2v) is 7.29. The maximum absolute atomic E-state index is 4.71. The van der Waals surface area contributed by atoms with Gasteiger partial charge in [-0.05, 0) is 43.7 Å². The molecule has 0 saturated carbocycles. The normalized spacial score (nSPS) is 15.0. The summed E-state index contributed by atoms with van der Waals surface area (Å²) in [5, 5.41) is 6.74. The number of hydrogen-bond donors (Lipinski definition) is 2. The molecular formula is C22H33IN6. The summed E-state index contributed by atoms with van der Waals surface area (Å²) in [7, 11) is 2.17. The van der Waals surface area contributed by atoms with Gasteiger partial charge in [0.2, 0.25) is 0 Å². The molecule has 2 aromatic rings. The highest BCUT2D eigenvalue weighted by Gasteiger charge is 2.14. The third kappa shape index (κ3) is 7.15. The molecular weight excluding hydrogens is 475 g/mol. The van der Waals surface area contributed by atoms with E-state index in [9.17, 15) is 0 Å². The third-order valence-corrected chi connectivity index (χ3v) is 5.11. The van der Waals surface area contributed by atoms with Crippen LogP contribution < -0.4 is 15.5 Å². The quantitative estimate of drug-likeness (QED) is 0.357. The average molecular weight is 508 g/mol. The largest absolute Gasteiger partial charge is 0.357 e. The molecule has 1 aromatic heterocycles. The van der Waals surface area contributed by atoms with Crippen LogP contribution in [-0.2, 0) is 13.1 Å². The molecule has 158 valence electrons. The van der Waals surface area contributed by atoms with Gasteiger partial charge in [-0.25, -0.2) is 9.98 Å². The lowest BCUT2D eigenvalue weighted by Crippen LogP contribution is -2.44. The number of hydrogen-bond acceptors (Lipinski definition) is 4. The van der Waals surface area contributed by atoms with E-state index in [0.29, 0.717) is 6.54 Å². The number of pyridine rings is 1. The lowest BCUT2D eigenvalue weighted by molar-refractivity contribution is 0.312. The first-order valence-corrected chi connectivity index (χ1v) is 10.1. The van der Waals surface area contributed by atoms with Crippen molar-refractivity contribution in [2.24, 2.45) is 4.99 Å². The summed E-state index contributed by atoms with van der Waals surface area (Å²) in [6, 6.07) is 12.7. The number of likely N-dealkylation sites (N-methyl/N-ethyl adjacent to an activating group) is 1. The Morgan fingerprint density at radius 1 is 1.07 bits per heavy atom. The fourth-order valence-electron chi connectivity index (χ4n) is 3.23. The smallest absolute Gasteiger partial charge is 0.191 e. The van der Waals surface area contributed by atoms with Crippen molar-refractivity contribution in [3.63, 3.8) is 0 Å². The van der Waals surface area contributed by atoms with Gasteiger partial charge in [0.05, 0.1) is 6.54 Å². The minimum atomic E-state index is 0. The van der Waals surface area contributed by atoms with E-state index in [2.05, 4.69) is 82.7 Å². The first kappa shape index (κ1) is 23.4. The number of guanidine groups is 1. The van der Waals surface area contributed by atoms with Crippen LogP contribution in [0.25, 0.3) is 0 Å². The number of aliphatic imine (C=N–C) groups is 1. The molecule has 0 unspecified atom stereocenters. The molecule has 29 heavy (non-hydrogen) atoms. The maximum Gasteiger partial charge on any atom is 0.191 e. The van der Waals surface area contributed by atoms with Crippen LogP contribution in [0.2, 0.25) is 0 Å². The highest BCUT2D eigenvalue weighted by Crippen LogP contribution is 2.14. The number of aromatic nitrogens is 1. The fraction of sp³-hybridized carbons (Fsp3) is 0.455. The van der Waals surface area contributed by atoms with Crippen molar-refractivity contribution in [3.8, 4) is 0 Å². The van der Waals surface area contributed by atoms with E-state index in [4.69, 9.17) is 4.99 Å². The lowest BCUT2D eigenvalue weighted by Gasteiger charge is -2.33.